The number of carbonyl (C=O) groups excluding carboxylic acids is 2. The van der Waals surface area contributed by atoms with Crippen molar-refractivity contribution in [2.75, 3.05) is 13.2 Å². The Balaban J connectivity index is 3.50. The van der Waals surface area contributed by atoms with Crippen LogP contribution in [0.1, 0.15) is 245 Å². The summed E-state index contributed by atoms with van der Waals surface area (Å²) in [6, 6.07) is -0.640. The summed E-state index contributed by atoms with van der Waals surface area (Å²) in [5, 5.41) is 22.9. The highest BCUT2D eigenvalue weighted by atomic mass is 16.5. The smallest absolute Gasteiger partial charge is 0.305 e. The van der Waals surface area contributed by atoms with E-state index in [2.05, 4.69) is 31.3 Å². The number of aliphatic hydroxyl groups is 2. The van der Waals surface area contributed by atoms with E-state index in [1.807, 2.05) is 6.08 Å². The second-order valence-corrected chi connectivity index (χ2v) is 16.1. The lowest BCUT2D eigenvalue weighted by molar-refractivity contribution is -0.143. The molecule has 0 aromatic rings. The zero-order valence-electron chi connectivity index (χ0n) is 36.0. The van der Waals surface area contributed by atoms with Gasteiger partial charge in [0.1, 0.15) is 0 Å². The van der Waals surface area contributed by atoms with Gasteiger partial charge in [-0.15, -0.1) is 0 Å². The molecular formula is C48H91NO5. The SMILES string of the molecule is CCCCCCCC/C=C\CCCCCCCC(=O)OCCCCCCCCCCCCCC(=O)NC(CO)C(O)/C=C/CCCCCCCCCCC. The predicted molar refractivity (Wildman–Crippen MR) is 232 cm³/mol. The van der Waals surface area contributed by atoms with Gasteiger partial charge < -0.3 is 20.3 Å². The number of hydrogen-bond donors (Lipinski definition) is 3. The van der Waals surface area contributed by atoms with E-state index in [0.717, 1.165) is 57.8 Å². The van der Waals surface area contributed by atoms with Gasteiger partial charge in [0, 0.05) is 12.8 Å². The quantitative estimate of drug-likeness (QED) is 0.0327. The maximum absolute atomic E-state index is 12.4. The van der Waals surface area contributed by atoms with Crippen molar-refractivity contribution in [3.05, 3.63) is 24.3 Å². The van der Waals surface area contributed by atoms with Gasteiger partial charge in [0.25, 0.3) is 0 Å². The predicted octanol–water partition coefficient (Wildman–Crippen LogP) is 13.6. The molecule has 0 aromatic carbocycles. The van der Waals surface area contributed by atoms with Crippen LogP contribution in [0.2, 0.25) is 0 Å². The van der Waals surface area contributed by atoms with E-state index >= 15 is 0 Å². The van der Waals surface area contributed by atoms with Gasteiger partial charge in [-0.3, -0.25) is 9.59 Å². The Kier molecular flexibility index (Phi) is 42.7. The molecule has 0 bridgehead atoms. The molecule has 0 saturated heterocycles. The number of aliphatic hydroxyl groups excluding tert-OH is 2. The highest BCUT2D eigenvalue weighted by molar-refractivity contribution is 5.76. The molecule has 2 unspecified atom stereocenters. The Morgan fingerprint density at radius 3 is 1.31 bits per heavy atom. The molecule has 0 spiro atoms. The molecule has 0 saturated carbocycles. The molecule has 0 fully saturated rings. The van der Waals surface area contributed by atoms with E-state index < -0.39 is 12.1 Å². The van der Waals surface area contributed by atoms with Crippen LogP contribution >= 0.6 is 0 Å². The molecule has 0 aliphatic carbocycles. The van der Waals surface area contributed by atoms with E-state index in [4.69, 9.17) is 4.74 Å². The van der Waals surface area contributed by atoms with Crippen LogP contribution in [0.5, 0.6) is 0 Å². The normalized spacial score (nSPS) is 12.9. The fraction of sp³-hybridized carbons (Fsp3) is 0.875. The summed E-state index contributed by atoms with van der Waals surface area (Å²) < 4.78 is 5.44. The largest absolute Gasteiger partial charge is 0.466 e. The molecule has 0 aromatic heterocycles. The van der Waals surface area contributed by atoms with Crippen LogP contribution in [0.15, 0.2) is 24.3 Å². The molecule has 1 amide bonds. The number of nitrogens with one attached hydrogen (secondary N) is 1. The van der Waals surface area contributed by atoms with Crippen molar-refractivity contribution >= 4 is 11.9 Å². The Hall–Kier alpha value is -1.66. The van der Waals surface area contributed by atoms with Crippen molar-refractivity contribution in [2.24, 2.45) is 0 Å². The number of hydrogen-bond acceptors (Lipinski definition) is 5. The van der Waals surface area contributed by atoms with E-state index in [1.54, 1.807) is 6.08 Å². The number of allylic oxidation sites excluding steroid dienone is 3. The van der Waals surface area contributed by atoms with E-state index in [0.29, 0.717) is 19.4 Å². The van der Waals surface area contributed by atoms with Crippen LogP contribution in [-0.2, 0) is 14.3 Å². The third kappa shape index (κ3) is 40.0. The summed E-state index contributed by atoms with van der Waals surface area (Å²) in [5.74, 6) is -0.113. The standard InChI is InChI=1S/C48H91NO5/c1-3-5-7-9-11-13-15-16-17-18-22-26-30-34-38-42-48(53)54-43-39-35-31-27-23-19-21-25-29-33-37-41-47(52)49-45(44-50)46(51)40-36-32-28-24-20-14-12-10-8-6-4-2/h16-17,36,40,45-46,50-51H,3-15,18-35,37-39,41-44H2,1-2H3,(H,49,52)/b17-16-,40-36+. The second-order valence-electron chi connectivity index (χ2n) is 16.1. The third-order valence-electron chi connectivity index (χ3n) is 10.7. The Morgan fingerprint density at radius 1 is 0.500 bits per heavy atom. The number of carbonyl (C=O) groups is 2. The molecule has 0 radical (unpaired) electrons. The third-order valence-corrected chi connectivity index (χ3v) is 10.7. The van der Waals surface area contributed by atoms with Crippen LogP contribution in [0.4, 0.5) is 0 Å². The summed E-state index contributed by atoms with van der Waals surface area (Å²) in [5.41, 5.74) is 0. The van der Waals surface area contributed by atoms with Crippen LogP contribution in [0.3, 0.4) is 0 Å². The van der Waals surface area contributed by atoms with Crippen LogP contribution < -0.4 is 5.32 Å². The Labute approximate surface area is 335 Å². The summed E-state index contributed by atoms with van der Waals surface area (Å²) in [4.78, 5) is 24.4. The minimum absolute atomic E-state index is 0.0242. The fourth-order valence-electron chi connectivity index (χ4n) is 7.04. The molecule has 0 aliphatic rings. The summed E-state index contributed by atoms with van der Waals surface area (Å²) in [6.45, 7) is 4.83. The van der Waals surface area contributed by atoms with Crippen LogP contribution in [-0.4, -0.2) is 47.4 Å². The molecule has 3 N–H and O–H groups in total. The van der Waals surface area contributed by atoms with Crippen molar-refractivity contribution in [3.8, 4) is 0 Å². The van der Waals surface area contributed by atoms with Gasteiger partial charge in [-0.2, -0.15) is 0 Å². The Bertz CT molecular complexity index is 843. The van der Waals surface area contributed by atoms with Gasteiger partial charge in [-0.1, -0.05) is 199 Å². The molecule has 6 heteroatoms. The number of ether oxygens (including phenoxy) is 1. The molecule has 0 heterocycles. The molecule has 54 heavy (non-hydrogen) atoms. The van der Waals surface area contributed by atoms with E-state index in [-0.39, 0.29) is 18.5 Å². The number of unbranched alkanes of at least 4 members (excludes halogenated alkanes) is 30. The Morgan fingerprint density at radius 2 is 0.870 bits per heavy atom. The first-order valence-electron chi connectivity index (χ1n) is 23.6. The van der Waals surface area contributed by atoms with Gasteiger partial charge >= 0.3 is 5.97 Å². The average molecular weight is 762 g/mol. The second kappa shape index (κ2) is 44.1. The van der Waals surface area contributed by atoms with Crippen LogP contribution in [0, 0.1) is 0 Å². The van der Waals surface area contributed by atoms with Gasteiger partial charge in [0.2, 0.25) is 5.91 Å². The minimum Gasteiger partial charge on any atom is -0.466 e. The molecular weight excluding hydrogens is 671 g/mol. The minimum atomic E-state index is -0.855. The van der Waals surface area contributed by atoms with E-state index in [1.165, 1.54) is 161 Å². The topological polar surface area (TPSA) is 95.9 Å². The number of rotatable bonds is 43. The molecule has 6 nitrogen and oxygen atoms in total. The molecule has 2 atom stereocenters. The van der Waals surface area contributed by atoms with Gasteiger partial charge in [-0.05, 0) is 57.8 Å². The first kappa shape index (κ1) is 52.3. The highest BCUT2D eigenvalue weighted by Gasteiger charge is 2.18. The van der Waals surface area contributed by atoms with Crippen molar-refractivity contribution in [2.45, 2.75) is 257 Å². The van der Waals surface area contributed by atoms with Crippen molar-refractivity contribution < 1.29 is 24.5 Å². The average Bonchev–Trinajstić information content (AvgIpc) is 3.17. The zero-order chi connectivity index (χ0) is 39.4. The first-order chi connectivity index (χ1) is 26.5. The lowest BCUT2D eigenvalue weighted by Gasteiger charge is -2.20. The fourth-order valence-corrected chi connectivity index (χ4v) is 7.04. The van der Waals surface area contributed by atoms with Crippen molar-refractivity contribution in [3.63, 3.8) is 0 Å². The highest BCUT2D eigenvalue weighted by Crippen LogP contribution is 2.14. The summed E-state index contributed by atoms with van der Waals surface area (Å²) in [6.07, 6.45) is 50.2. The maximum atomic E-state index is 12.4. The van der Waals surface area contributed by atoms with Crippen molar-refractivity contribution in [1.29, 1.82) is 0 Å². The summed E-state index contributed by atoms with van der Waals surface area (Å²) >= 11 is 0. The maximum Gasteiger partial charge on any atom is 0.305 e. The van der Waals surface area contributed by atoms with Crippen LogP contribution in [0.25, 0.3) is 0 Å². The van der Waals surface area contributed by atoms with Gasteiger partial charge in [0.05, 0.1) is 25.4 Å². The first-order valence-corrected chi connectivity index (χ1v) is 23.6. The number of amides is 1. The lowest BCUT2D eigenvalue weighted by Crippen LogP contribution is -2.45. The zero-order valence-corrected chi connectivity index (χ0v) is 36.0. The lowest BCUT2D eigenvalue weighted by atomic mass is 10.0. The molecule has 0 rings (SSSR count). The molecule has 318 valence electrons. The monoisotopic (exact) mass is 762 g/mol. The number of esters is 1. The van der Waals surface area contributed by atoms with Gasteiger partial charge in [0.15, 0.2) is 0 Å². The van der Waals surface area contributed by atoms with Crippen molar-refractivity contribution in [1.82, 2.24) is 5.32 Å². The summed E-state index contributed by atoms with van der Waals surface area (Å²) in [7, 11) is 0. The molecule has 0 aliphatic heterocycles. The van der Waals surface area contributed by atoms with E-state index in [9.17, 15) is 19.8 Å². The van der Waals surface area contributed by atoms with Gasteiger partial charge in [-0.25, -0.2) is 0 Å².